The van der Waals surface area contributed by atoms with Gasteiger partial charge in [0, 0.05) is 13.1 Å². The summed E-state index contributed by atoms with van der Waals surface area (Å²) in [6.07, 6.45) is 1.84. The standard InChI is InChI=1S/C8H17FN2/c1-11-6-3-8(9,2-5-10)4-7-11/h2-7,10H2,1H3. The molecule has 1 saturated heterocycles. The van der Waals surface area contributed by atoms with E-state index in [1.165, 1.54) is 0 Å². The van der Waals surface area contributed by atoms with E-state index in [0.717, 1.165) is 13.1 Å². The van der Waals surface area contributed by atoms with E-state index in [1.807, 2.05) is 7.05 Å². The fourth-order valence-electron chi connectivity index (χ4n) is 1.53. The summed E-state index contributed by atoms with van der Waals surface area (Å²) in [7, 11) is 2.03. The van der Waals surface area contributed by atoms with Gasteiger partial charge in [0.05, 0.1) is 0 Å². The fourth-order valence-corrected chi connectivity index (χ4v) is 1.53. The lowest BCUT2D eigenvalue weighted by Crippen LogP contribution is -2.40. The molecule has 66 valence electrons. The lowest BCUT2D eigenvalue weighted by molar-refractivity contribution is 0.0636. The van der Waals surface area contributed by atoms with Gasteiger partial charge in [-0.3, -0.25) is 0 Å². The molecule has 0 aromatic rings. The van der Waals surface area contributed by atoms with Crippen molar-refractivity contribution in [3.63, 3.8) is 0 Å². The summed E-state index contributed by atoms with van der Waals surface area (Å²) >= 11 is 0. The van der Waals surface area contributed by atoms with Crippen LogP contribution in [0.1, 0.15) is 19.3 Å². The third kappa shape index (κ3) is 2.42. The summed E-state index contributed by atoms with van der Waals surface area (Å²) in [5, 5.41) is 0. The minimum Gasteiger partial charge on any atom is -0.330 e. The Hall–Kier alpha value is -0.150. The second-order valence-electron chi connectivity index (χ2n) is 3.49. The van der Waals surface area contributed by atoms with Crippen molar-refractivity contribution >= 4 is 0 Å². The Kier molecular flexibility index (Phi) is 2.84. The van der Waals surface area contributed by atoms with E-state index in [1.54, 1.807) is 0 Å². The number of hydrogen-bond donors (Lipinski definition) is 1. The quantitative estimate of drug-likeness (QED) is 0.646. The summed E-state index contributed by atoms with van der Waals surface area (Å²) in [4.78, 5) is 2.16. The highest BCUT2D eigenvalue weighted by Crippen LogP contribution is 2.28. The molecular weight excluding hydrogens is 143 g/mol. The number of nitrogens with zero attached hydrogens (tertiary/aromatic N) is 1. The van der Waals surface area contributed by atoms with Crippen LogP contribution < -0.4 is 5.73 Å². The van der Waals surface area contributed by atoms with Gasteiger partial charge in [-0.15, -0.1) is 0 Å². The molecular formula is C8H17FN2. The largest absolute Gasteiger partial charge is 0.330 e. The molecule has 0 saturated carbocycles. The van der Waals surface area contributed by atoms with Crippen LogP contribution in [-0.4, -0.2) is 37.3 Å². The first-order chi connectivity index (χ1) is 5.16. The Balaban J connectivity index is 2.35. The van der Waals surface area contributed by atoms with Crippen molar-refractivity contribution in [2.45, 2.75) is 24.9 Å². The van der Waals surface area contributed by atoms with E-state index in [0.29, 0.717) is 25.8 Å². The first kappa shape index (κ1) is 8.94. The van der Waals surface area contributed by atoms with Crippen molar-refractivity contribution < 1.29 is 4.39 Å². The van der Waals surface area contributed by atoms with Gasteiger partial charge < -0.3 is 10.6 Å². The third-order valence-electron chi connectivity index (χ3n) is 2.48. The monoisotopic (exact) mass is 160 g/mol. The molecule has 0 aromatic heterocycles. The van der Waals surface area contributed by atoms with E-state index in [-0.39, 0.29) is 0 Å². The molecule has 11 heavy (non-hydrogen) atoms. The van der Waals surface area contributed by atoms with Gasteiger partial charge in [0.25, 0.3) is 0 Å². The number of hydrogen-bond acceptors (Lipinski definition) is 2. The van der Waals surface area contributed by atoms with Crippen LogP contribution in [0.2, 0.25) is 0 Å². The van der Waals surface area contributed by atoms with Gasteiger partial charge >= 0.3 is 0 Å². The smallest absolute Gasteiger partial charge is 0.114 e. The minimum absolute atomic E-state index is 0.472. The number of halogens is 1. The zero-order chi connectivity index (χ0) is 8.32. The van der Waals surface area contributed by atoms with E-state index < -0.39 is 5.67 Å². The number of piperidine rings is 1. The van der Waals surface area contributed by atoms with Crippen molar-refractivity contribution in [1.29, 1.82) is 0 Å². The Morgan fingerprint density at radius 3 is 2.45 bits per heavy atom. The SMILES string of the molecule is CN1CCC(F)(CCN)CC1. The number of alkyl halides is 1. The normalized spacial score (nSPS) is 25.4. The van der Waals surface area contributed by atoms with Crippen LogP contribution in [0.4, 0.5) is 4.39 Å². The van der Waals surface area contributed by atoms with Gasteiger partial charge in [-0.05, 0) is 32.9 Å². The molecule has 0 unspecified atom stereocenters. The maximum atomic E-state index is 13.6. The topological polar surface area (TPSA) is 29.3 Å². The molecule has 0 spiro atoms. The maximum absolute atomic E-state index is 13.6. The molecule has 1 aliphatic heterocycles. The highest BCUT2D eigenvalue weighted by atomic mass is 19.1. The van der Waals surface area contributed by atoms with Gasteiger partial charge in [-0.2, -0.15) is 0 Å². The van der Waals surface area contributed by atoms with Crippen LogP contribution in [0.15, 0.2) is 0 Å². The molecule has 0 amide bonds. The van der Waals surface area contributed by atoms with Crippen LogP contribution in [0.25, 0.3) is 0 Å². The summed E-state index contributed by atoms with van der Waals surface area (Å²) in [6.45, 7) is 2.22. The van der Waals surface area contributed by atoms with Crippen molar-refractivity contribution in [1.82, 2.24) is 4.90 Å². The van der Waals surface area contributed by atoms with Crippen molar-refractivity contribution in [2.75, 3.05) is 26.7 Å². The number of nitrogens with two attached hydrogens (primary N) is 1. The van der Waals surface area contributed by atoms with Crippen LogP contribution in [0.5, 0.6) is 0 Å². The predicted octanol–water partition coefficient (Wildman–Crippen LogP) is 0.769. The van der Waals surface area contributed by atoms with E-state index >= 15 is 0 Å². The molecule has 1 fully saturated rings. The van der Waals surface area contributed by atoms with Crippen LogP contribution in [0, 0.1) is 0 Å². The molecule has 0 bridgehead atoms. The lowest BCUT2D eigenvalue weighted by atomic mass is 9.90. The second-order valence-corrected chi connectivity index (χ2v) is 3.49. The van der Waals surface area contributed by atoms with Gasteiger partial charge in [0.15, 0.2) is 0 Å². The highest BCUT2D eigenvalue weighted by Gasteiger charge is 2.32. The van der Waals surface area contributed by atoms with E-state index in [4.69, 9.17) is 5.73 Å². The van der Waals surface area contributed by atoms with Gasteiger partial charge in [-0.25, -0.2) is 4.39 Å². The molecule has 3 heteroatoms. The molecule has 0 atom stereocenters. The minimum atomic E-state index is -0.957. The molecule has 1 rings (SSSR count). The zero-order valence-corrected chi connectivity index (χ0v) is 7.15. The molecule has 2 N–H and O–H groups in total. The Labute approximate surface area is 67.6 Å². The zero-order valence-electron chi connectivity index (χ0n) is 7.15. The average molecular weight is 160 g/mol. The van der Waals surface area contributed by atoms with Crippen LogP contribution in [-0.2, 0) is 0 Å². The second kappa shape index (κ2) is 3.50. The molecule has 2 nitrogen and oxygen atoms in total. The Morgan fingerprint density at radius 2 is 2.00 bits per heavy atom. The average Bonchev–Trinajstić information content (AvgIpc) is 1.97. The molecule has 0 aromatic carbocycles. The third-order valence-corrected chi connectivity index (χ3v) is 2.48. The molecule has 0 radical (unpaired) electrons. The first-order valence-electron chi connectivity index (χ1n) is 4.24. The Morgan fingerprint density at radius 1 is 1.45 bits per heavy atom. The maximum Gasteiger partial charge on any atom is 0.114 e. The first-order valence-corrected chi connectivity index (χ1v) is 4.24. The molecule has 1 aliphatic rings. The van der Waals surface area contributed by atoms with Gasteiger partial charge in [0.2, 0.25) is 0 Å². The summed E-state index contributed by atoms with van der Waals surface area (Å²) in [5.41, 5.74) is 4.37. The number of likely N-dealkylation sites (tertiary alicyclic amines) is 1. The summed E-state index contributed by atoms with van der Waals surface area (Å²) in [5.74, 6) is 0. The molecule has 0 aliphatic carbocycles. The summed E-state index contributed by atoms with van der Waals surface area (Å²) < 4.78 is 13.6. The van der Waals surface area contributed by atoms with Crippen LogP contribution >= 0.6 is 0 Å². The molecule has 1 heterocycles. The van der Waals surface area contributed by atoms with E-state index in [2.05, 4.69) is 4.90 Å². The number of rotatable bonds is 2. The highest BCUT2D eigenvalue weighted by molar-refractivity contribution is 4.85. The van der Waals surface area contributed by atoms with Gasteiger partial charge in [-0.1, -0.05) is 0 Å². The predicted molar refractivity (Wildman–Crippen MR) is 44.2 cm³/mol. The van der Waals surface area contributed by atoms with Crippen molar-refractivity contribution in [2.24, 2.45) is 5.73 Å². The van der Waals surface area contributed by atoms with Crippen molar-refractivity contribution in [3.05, 3.63) is 0 Å². The van der Waals surface area contributed by atoms with Crippen molar-refractivity contribution in [3.8, 4) is 0 Å². The lowest BCUT2D eigenvalue weighted by Gasteiger charge is -2.34. The van der Waals surface area contributed by atoms with Crippen LogP contribution in [0.3, 0.4) is 0 Å². The Bertz CT molecular complexity index is 119. The summed E-state index contributed by atoms with van der Waals surface area (Å²) in [6, 6.07) is 0. The fraction of sp³-hybridized carbons (Fsp3) is 1.00. The van der Waals surface area contributed by atoms with E-state index in [9.17, 15) is 4.39 Å². The van der Waals surface area contributed by atoms with Gasteiger partial charge in [0.1, 0.15) is 5.67 Å².